The van der Waals surface area contributed by atoms with Crippen LogP contribution in [0.15, 0.2) is 36.4 Å². The van der Waals surface area contributed by atoms with Gasteiger partial charge in [-0.1, -0.05) is 24.3 Å². The van der Waals surface area contributed by atoms with E-state index in [2.05, 4.69) is 60.5 Å². The number of likely N-dealkylation sites (tertiary alicyclic amines) is 1. The minimum atomic E-state index is 0.432. The van der Waals surface area contributed by atoms with E-state index in [1.165, 1.54) is 24.0 Å². The molecule has 0 amide bonds. The first-order valence-electron chi connectivity index (χ1n) is 7.96. The van der Waals surface area contributed by atoms with Crippen molar-refractivity contribution in [2.45, 2.75) is 32.4 Å². The summed E-state index contributed by atoms with van der Waals surface area (Å²) in [6, 6.07) is 13.8. The predicted molar refractivity (Wildman–Crippen MR) is 88.4 cm³/mol. The average molecular weight is 283 g/mol. The van der Waals surface area contributed by atoms with Crippen molar-refractivity contribution < 1.29 is 0 Å². The molecule has 1 aromatic heterocycles. The molecule has 3 heteroatoms. The van der Waals surface area contributed by atoms with Gasteiger partial charge in [-0.3, -0.25) is 9.88 Å². The molecule has 3 nitrogen and oxygen atoms in total. The largest absolute Gasteiger partial charge is 0.319 e. The van der Waals surface area contributed by atoms with Crippen molar-refractivity contribution in [2.75, 3.05) is 20.1 Å². The summed E-state index contributed by atoms with van der Waals surface area (Å²) in [6.07, 6.45) is 1.25. The Morgan fingerprint density at radius 2 is 2.05 bits per heavy atom. The van der Waals surface area contributed by atoms with Gasteiger partial charge in [-0.15, -0.1) is 0 Å². The fraction of sp³-hybridized carbons (Fsp3) is 0.500. The van der Waals surface area contributed by atoms with Crippen LogP contribution in [0.25, 0.3) is 10.9 Å². The van der Waals surface area contributed by atoms with Crippen molar-refractivity contribution in [2.24, 2.45) is 5.92 Å². The van der Waals surface area contributed by atoms with Crippen LogP contribution in [0, 0.1) is 5.92 Å². The monoisotopic (exact) mass is 283 g/mol. The number of nitrogens with one attached hydrogen (secondary N) is 1. The molecule has 1 saturated heterocycles. The fourth-order valence-electron chi connectivity index (χ4n) is 3.60. The summed E-state index contributed by atoms with van der Waals surface area (Å²) in [6.45, 7) is 6.80. The molecule has 1 fully saturated rings. The minimum Gasteiger partial charge on any atom is -0.319 e. The molecule has 1 aliphatic heterocycles. The number of rotatable bonds is 4. The summed E-state index contributed by atoms with van der Waals surface area (Å²) in [5.41, 5.74) is 2.33. The number of aromatic nitrogens is 1. The maximum Gasteiger partial charge on any atom is 0.0706 e. The van der Waals surface area contributed by atoms with Crippen LogP contribution in [0.5, 0.6) is 0 Å². The first-order valence-corrected chi connectivity index (χ1v) is 7.96. The highest BCUT2D eigenvalue weighted by molar-refractivity contribution is 5.78. The van der Waals surface area contributed by atoms with Crippen LogP contribution in [-0.2, 0) is 0 Å². The zero-order chi connectivity index (χ0) is 14.8. The van der Waals surface area contributed by atoms with Crippen molar-refractivity contribution in [1.29, 1.82) is 0 Å². The molecule has 0 saturated carbocycles. The van der Waals surface area contributed by atoms with Crippen molar-refractivity contribution in [3.8, 4) is 0 Å². The molecule has 1 N–H and O–H groups in total. The average Bonchev–Trinajstić information content (AvgIpc) is 2.91. The Kier molecular flexibility index (Phi) is 4.22. The molecule has 0 spiro atoms. The van der Waals surface area contributed by atoms with Gasteiger partial charge < -0.3 is 5.32 Å². The standard InChI is InChI=1S/C18H25N3/c1-13(2)21-11-10-15(12-19-3)18(21)17-9-8-14-6-4-5-7-16(14)20-17/h4-9,13,15,18-19H,10-12H2,1-3H3. The van der Waals surface area contributed by atoms with Gasteiger partial charge in [0.2, 0.25) is 0 Å². The molecule has 112 valence electrons. The van der Waals surface area contributed by atoms with Crippen LogP contribution >= 0.6 is 0 Å². The maximum absolute atomic E-state index is 4.95. The molecule has 2 heterocycles. The first kappa shape index (κ1) is 14.5. The summed E-state index contributed by atoms with van der Waals surface area (Å²) in [4.78, 5) is 7.55. The van der Waals surface area contributed by atoms with Crippen molar-refractivity contribution >= 4 is 10.9 Å². The van der Waals surface area contributed by atoms with Gasteiger partial charge in [-0.25, -0.2) is 0 Å². The van der Waals surface area contributed by atoms with Gasteiger partial charge in [0, 0.05) is 11.4 Å². The Morgan fingerprint density at radius 3 is 2.81 bits per heavy atom. The SMILES string of the molecule is CNCC1CCN(C(C)C)C1c1ccc2ccccc2n1. The number of para-hydroxylation sites is 1. The third kappa shape index (κ3) is 2.81. The van der Waals surface area contributed by atoms with Crippen LogP contribution < -0.4 is 5.32 Å². The van der Waals surface area contributed by atoms with E-state index in [9.17, 15) is 0 Å². The van der Waals surface area contributed by atoms with Crippen LogP contribution in [0.3, 0.4) is 0 Å². The molecule has 3 rings (SSSR count). The lowest BCUT2D eigenvalue weighted by atomic mass is 9.96. The lowest BCUT2D eigenvalue weighted by molar-refractivity contribution is 0.179. The summed E-state index contributed by atoms with van der Waals surface area (Å²) in [5.74, 6) is 0.645. The third-order valence-electron chi connectivity index (χ3n) is 4.61. The normalized spacial score (nSPS) is 23.2. The van der Waals surface area contributed by atoms with Gasteiger partial charge in [0.05, 0.1) is 17.3 Å². The smallest absolute Gasteiger partial charge is 0.0706 e. The van der Waals surface area contributed by atoms with E-state index >= 15 is 0 Å². The second kappa shape index (κ2) is 6.12. The summed E-state index contributed by atoms with van der Waals surface area (Å²) in [5, 5.41) is 4.57. The topological polar surface area (TPSA) is 28.2 Å². The molecule has 1 aliphatic rings. The Morgan fingerprint density at radius 1 is 1.24 bits per heavy atom. The number of hydrogen-bond acceptors (Lipinski definition) is 3. The Bertz CT molecular complexity index is 608. The lowest BCUT2D eigenvalue weighted by Gasteiger charge is -2.31. The van der Waals surface area contributed by atoms with Crippen LogP contribution in [0.4, 0.5) is 0 Å². The quantitative estimate of drug-likeness (QED) is 0.934. The Balaban J connectivity index is 1.99. The van der Waals surface area contributed by atoms with Crippen LogP contribution in [0.2, 0.25) is 0 Å². The number of benzene rings is 1. The molecule has 0 bridgehead atoms. The fourth-order valence-corrected chi connectivity index (χ4v) is 3.60. The first-order chi connectivity index (χ1) is 10.2. The van der Waals surface area contributed by atoms with E-state index in [0.29, 0.717) is 18.0 Å². The maximum atomic E-state index is 4.95. The highest BCUT2D eigenvalue weighted by atomic mass is 15.2. The zero-order valence-corrected chi connectivity index (χ0v) is 13.2. The predicted octanol–water partition coefficient (Wildman–Crippen LogP) is 3.23. The summed E-state index contributed by atoms with van der Waals surface area (Å²) >= 11 is 0. The van der Waals surface area contributed by atoms with Gasteiger partial charge >= 0.3 is 0 Å². The number of pyridine rings is 1. The molecule has 0 radical (unpaired) electrons. The molecule has 2 unspecified atom stereocenters. The van der Waals surface area contributed by atoms with Gasteiger partial charge in [-0.2, -0.15) is 0 Å². The van der Waals surface area contributed by atoms with E-state index in [0.717, 1.165) is 12.1 Å². The number of hydrogen-bond donors (Lipinski definition) is 1. The molecule has 2 atom stereocenters. The van der Waals surface area contributed by atoms with Crippen LogP contribution in [0.1, 0.15) is 32.0 Å². The second-order valence-electron chi connectivity index (χ2n) is 6.31. The van der Waals surface area contributed by atoms with Gasteiger partial charge in [0.25, 0.3) is 0 Å². The minimum absolute atomic E-state index is 0.432. The van der Waals surface area contributed by atoms with Crippen molar-refractivity contribution in [3.63, 3.8) is 0 Å². The summed E-state index contributed by atoms with van der Waals surface area (Å²) in [7, 11) is 2.04. The Hall–Kier alpha value is -1.45. The number of nitrogens with zero attached hydrogens (tertiary/aromatic N) is 2. The van der Waals surface area contributed by atoms with E-state index in [1.54, 1.807) is 0 Å². The van der Waals surface area contributed by atoms with E-state index in [4.69, 9.17) is 4.98 Å². The summed E-state index contributed by atoms with van der Waals surface area (Å²) < 4.78 is 0. The highest BCUT2D eigenvalue weighted by Gasteiger charge is 2.36. The van der Waals surface area contributed by atoms with Gasteiger partial charge in [0.1, 0.15) is 0 Å². The van der Waals surface area contributed by atoms with Gasteiger partial charge in [-0.05, 0) is 58.5 Å². The van der Waals surface area contributed by atoms with E-state index in [-0.39, 0.29) is 0 Å². The molecule has 21 heavy (non-hydrogen) atoms. The van der Waals surface area contributed by atoms with Crippen molar-refractivity contribution in [1.82, 2.24) is 15.2 Å². The van der Waals surface area contributed by atoms with E-state index < -0.39 is 0 Å². The van der Waals surface area contributed by atoms with Crippen LogP contribution in [-0.4, -0.2) is 36.1 Å². The lowest BCUT2D eigenvalue weighted by Crippen LogP contribution is -2.34. The van der Waals surface area contributed by atoms with Gasteiger partial charge in [0.15, 0.2) is 0 Å². The molecule has 1 aromatic carbocycles. The molecule has 0 aliphatic carbocycles. The molecular formula is C18H25N3. The van der Waals surface area contributed by atoms with E-state index in [1.807, 2.05) is 7.05 Å². The second-order valence-corrected chi connectivity index (χ2v) is 6.31. The third-order valence-corrected chi connectivity index (χ3v) is 4.61. The number of fused-ring (bicyclic) bond motifs is 1. The molecule has 2 aromatic rings. The van der Waals surface area contributed by atoms with Crippen molar-refractivity contribution in [3.05, 3.63) is 42.1 Å². The highest BCUT2D eigenvalue weighted by Crippen LogP contribution is 2.37. The zero-order valence-electron chi connectivity index (χ0n) is 13.2. The molecular weight excluding hydrogens is 258 g/mol. The Labute approximate surface area is 127 Å².